The van der Waals surface area contributed by atoms with Crippen LogP contribution in [0.15, 0.2) is 53.0 Å². The van der Waals surface area contributed by atoms with Gasteiger partial charge in [-0.25, -0.2) is 9.67 Å². The summed E-state index contributed by atoms with van der Waals surface area (Å²) >= 11 is 3.42. The van der Waals surface area contributed by atoms with E-state index in [2.05, 4.69) is 26.0 Å². The Morgan fingerprint density at radius 2 is 1.70 bits per heavy atom. The molecule has 2 aromatic carbocycles. The first-order chi connectivity index (χ1) is 11.0. The lowest BCUT2D eigenvalue weighted by molar-refractivity contribution is 0.150. The monoisotopic (exact) mass is 371 g/mol. The van der Waals surface area contributed by atoms with Crippen LogP contribution in [0.2, 0.25) is 0 Å². The third-order valence-corrected chi connectivity index (χ3v) is 4.30. The van der Waals surface area contributed by atoms with Gasteiger partial charge in [-0.15, -0.1) is 0 Å². The lowest BCUT2D eigenvalue weighted by Gasteiger charge is -2.12. The molecule has 1 atom stereocenters. The van der Waals surface area contributed by atoms with E-state index in [0.717, 1.165) is 21.4 Å². The molecule has 3 aromatic rings. The van der Waals surface area contributed by atoms with Crippen molar-refractivity contribution in [1.82, 2.24) is 14.8 Å². The van der Waals surface area contributed by atoms with Gasteiger partial charge in [0.15, 0.2) is 5.82 Å². The molecule has 0 spiro atoms. The summed E-state index contributed by atoms with van der Waals surface area (Å²) in [5.41, 5.74) is 3.02. The Labute approximate surface area is 143 Å². The van der Waals surface area contributed by atoms with Crippen molar-refractivity contribution in [2.24, 2.45) is 0 Å². The number of aliphatic hydroxyl groups is 1. The molecule has 0 bridgehead atoms. The van der Waals surface area contributed by atoms with Gasteiger partial charge in [-0.1, -0.05) is 57.9 Å². The average Bonchev–Trinajstić information content (AvgIpc) is 2.89. The van der Waals surface area contributed by atoms with E-state index in [4.69, 9.17) is 0 Å². The van der Waals surface area contributed by atoms with Gasteiger partial charge in [0.05, 0.1) is 12.6 Å². The lowest BCUT2D eigenvalue weighted by Crippen LogP contribution is -2.11. The number of aliphatic hydroxyl groups excluding tert-OH is 1. The summed E-state index contributed by atoms with van der Waals surface area (Å²) in [5, 5.41) is 14.9. The van der Waals surface area contributed by atoms with E-state index in [9.17, 15) is 5.11 Å². The van der Waals surface area contributed by atoms with Crippen LogP contribution < -0.4 is 0 Å². The first-order valence-electron chi connectivity index (χ1n) is 7.45. The Morgan fingerprint density at radius 1 is 1.04 bits per heavy atom. The molecule has 23 heavy (non-hydrogen) atoms. The van der Waals surface area contributed by atoms with Crippen LogP contribution in [0.5, 0.6) is 0 Å². The van der Waals surface area contributed by atoms with Gasteiger partial charge in [0.25, 0.3) is 0 Å². The maximum atomic E-state index is 10.4. The second-order valence-corrected chi connectivity index (χ2v) is 6.51. The van der Waals surface area contributed by atoms with Gasteiger partial charge in [0.2, 0.25) is 0 Å². The Hall–Kier alpha value is -1.98. The molecule has 5 heteroatoms. The molecule has 0 amide bonds. The summed E-state index contributed by atoms with van der Waals surface area (Å²) in [6.07, 6.45) is -0.603. The molecular formula is C18H18BrN3O. The van der Waals surface area contributed by atoms with Crippen LogP contribution in [0.3, 0.4) is 0 Å². The minimum atomic E-state index is -0.603. The Bertz CT molecular complexity index is 794. The number of hydrogen-bond acceptors (Lipinski definition) is 3. The molecule has 1 heterocycles. The number of halogens is 1. The van der Waals surface area contributed by atoms with Crippen molar-refractivity contribution in [2.45, 2.75) is 26.5 Å². The molecule has 4 nitrogen and oxygen atoms in total. The van der Waals surface area contributed by atoms with Gasteiger partial charge >= 0.3 is 0 Å². The second kappa shape index (κ2) is 6.64. The highest BCUT2D eigenvalue weighted by Crippen LogP contribution is 2.21. The van der Waals surface area contributed by atoms with Crippen LogP contribution >= 0.6 is 15.9 Å². The summed E-state index contributed by atoms with van der Waals surface area (Å²) < 4.78 is 2.77. The summed E-state index contributed by atoms with van der Waals surface area (Å²) in [6.45, 7) is 4.32. The number of aryl methyl sites for hydroxylation is 2. The van der Waals surface area contributed by atoms with Crippen LogP contribution in [-0.4, -0.2) is 19.9 Å². The third-order valence-electron chi connectivity index (χ3n) is 3.77. The summed E-state index contributed by atoms with van der Waals surface area (Å²) in [4.78, 5) is 4.50. The van der Waals surface area contributed by atoms with E-state index in [1.807, 2.05) is 62.4 Å². The van der Waals surface area contributed by atoms with Crippen LogP contribution in [0.25, 0.3) is 11.4 Å². The second-order valence-electron chi connectivity index (χ2n) is 5.60. The van der Waals surface area contributed by atoms with Crippen molar-refractivity contribution in [1.29, 1.82) is 0 Å². The lowest BCUT2D eigenvalue weighted by atomic mass is 10.1. The molecule has 1 aromatic heterocycles. The molecule has 0 saturated carbocycles. The highest BCUT2D eigenvalue weighted by Gasteiger charge is 2.13. The van der Waals surface area contributed by atoms with E-state index in [1.54, 1.807) is 4.68 Å². The largest absolute Gasteiger partial charge is 0.386 e. The third kappa shape index (κ3) is 3.68. The molecule has 0 unspecified atom stereocenters. The Morgan fingerprint density at radius 3 is 2.35 bits per heavy atom. The van der Waals surface area contributed by atoms with E-state index in [-0.39, 0.29) is 0 Å². The molecular weight excluding hydrogens is 354 g/mol. The van der Waals surface area contributed by atoms with Gasteiger partial charge in [-0.05, 0) is 31.5 Å². The highest BCUT2D eigenvalue weighted by molar-refractivity contribution is 9.10. The minimum Gasteiger partial charge on any atom is -0.386 e. The average molecular weight is 372 g/mol. The normalized spacial score (nSPS) is 12.3. The van der Waals surface area contributed by atoms with Gasteiger partial charge in [0.1, 0.15) is 5.82 Å². The summed E-state index contributed by atoms with van der Waals surface area (Å²) in [6, 6.07) is 15.8. The van der Waals surface area contributed by atoms with Gasteiger partial charge in [-0.3, -0.25) is 0 Å². The zero-order valence-corrected chi connectivity index (χ0v) is 14.7. The molecule has 0 radical (unpaired) electrons. The van der Waals surface area contributed by atoms with Crippen LogP contribution in [-0.2, 0) is 6.54 Å². The zero-order valence-electron chi connectivity index (χ0n) is 13.1. The molecule has 1 N–H and O–H groups in total. The Kier molecular flexibility index (Phi) is 4.59. The molecule has 3 rings (SSSR count). The minimum absolute atomic E-state index is 0.387. The first-order valence-corrected chi connectivity index (χ1v) is 8.24. The molecule has 0 fully saturated rings. The van der Waals surface area contributed by atoms with Crippen molar-refractivity contribution in [3.05, 3.63) is 70.0 Å². The van der Waals surface area contributed by atoms with Crippen molar-refractivity contribution in [3.8, 4) is 11.4 Å². The predicted molar refractivity (Wildman–Crippen MR) is 94.0 cm³/mol. The smallest absolute Gasteiger partial charge is 0.181 e. The molecule has 0 aliphatic rings. The fourth-order valence-electron chi connectivity index (χ4n) is 2.37. The fraction of sp³-hybridized carbons (Fsp3) is 0.222. The fourth-order valence-corrected chi connectivity index (χ4v) is 2.64. The summed E-state index contributed by atoms with van der Waals surface area (Å²) in [7, 11) is 0. The molecule has 0 saturated heterocycles. The van der Waals surface area contributed by atoms with E-state index < -0.39 is 6.10 Å². The summed E-state index contributed by atoms with van der Waals surface area (Å²) in [5.74, 6) is 1.46. The number of benzene rings is 2. The number of hydrogen-bond donors (Lipinski definition) is 1. The van der Waals surface area contributed by atoms with Gasteiger partial charge in [0, 0.05) is 10.0 Å². The van der Waals surface area contributed by atoms with E-state index in [1.165, 1.54) is 5.56 Å². The predicted octanol–water partition coefficient (Wildman–Crippen LogP) is 4.06. The number of aromatic nitrogens is 3. The topological polar surface area (TPSA) is 50.9 Å². The van der Waals surface area contributed by atoms with Crippen molar-refractivity contribution in [2.75, 3.05) is 0 Å². The van der Waals surface area contributed by atoms with E-state index >= 15 is 0 Å². The highest BCUT2D eigenvalue weighted by atomic mass is 79.9. The number of rotatable bonds is 4. The van der Waals surface area contributed by atoms with Crippen LogP contribution in [0.4, 0.5) is 0 Å². The maximum Gasteiger partial charge on any atom is 0.181 e. The zero-order chi connectivity index (χ0) is 16.4. The standard InChI is InChI=1S/C18H18BrN3O/c1-12-3-5-14(6-4-12)17(23)11-22-13(2)20-18(21-22)15-7-9-16(19)10-8-15/h3-10,17,23H,11H2,1-2H3/t17-/m1/s1. The van der Waals surface area contributed by atoms with Crippen LogP contribution in [0, 0.1) is 13.8 Å². The molecule has 0 aliphatic heterocycles. The SMILES string of the molecule is Cc1ccc([C@H](O)Cn2nc(-c3ccc(Br)cc3)nc2C)cc1. The quantitative estimate of drug-likeness (QED) is 0.752. The molecule has 118 valence electrons. The van der Waals surface area contributed by atoms with Crippen LogP contribution in [0.1, 0.15) is 23.1 Å². The maximum absolute atomic E-state index is 10.4. The van der Waals surface area contributed by atoms with Gasteiger partial charge in [-0.2, -0.15) is 5.10 Å². The Balaban J connectivity index is 1.81. The van der Waals surface area contributed by atoms with Crippen molar-refractivity contribution >= 4 is 15.9 Å². The number of nitrogens with zero attached hydrogens (tertiary/aromatic N) is 3. The van der Waals surface area contributed by atoms with Crippen molar-refractivity contribution < 1.29 is 5.11 Å². The first kappa shape index (κ1) is 15.9. The molecule has 0 aliphatic carbocycles. The van der Waals surface area contributed by atoms with Gasteiger partial charge < -0.3 is 5.11 Å². The van der Waals surface area contributed by atoms with Crippen molar-refractivity contribution in [3.63, 3.8) is 0 Å². The van der Waals surface area contributed by atoms with E-state index in [0.29, 0.717) is 12.4 Å².